The predicted molar refractivity (Wildman–Crippen MR) is 65.4 cm³/mol. The van der Waals surface area contributed by atoms with Crippen LogP contribution in [0.15, 0.2) is 18.3 Å². The number of ketones is 1. The highest BCUT2D eigenvalue weighted by atomic mass is 16.5. The minimum absolute atomic E-state index is 0.00495. The summed E-state index contributed by atoms with van der Waals surface area (Å²) in [5, 5.41) is 8.98. The van der Waals surface area contributed by atoms with E-state index in [9.17, 15) is 4.79 Å². The van der Waals surface area contributed by atoms with Crippen LogP contribution >= 0.6 is 0 Å². The van der Waals surface area contributed by atoms with E-state index in [1.165, 1.54) is 6.92 Å². The molecular formula is C12H18N2O3. The molecule has 0 amide bonds. The minimum Gasteiger partial charge on any atom is -0.395 e. The molecule has 0 spiro atoms. The Labute approximate surface area is 101 Å². The van der Waals surface area contributed by atoms with Crippen LogP contribution in [0, 0.1) is 0 Å². The molecule has 0 bridgehead atoms. The van der Waals surface area contributed by atoms with E-state index in [4.69, 9.17) is 9.84 Å². The third-order valence-electron chi connectivity index (χ3n) is 2.41. The van der Waals surface area contributed by atoms with Gasteiger partial charge in [-0.15, -0.1) is 0 Å². The molecule has 1 aromatic rings. The number of aliphatic hydroxyl groups excluding tert-OH is 1. The highest BCUT2D eigenvalue weighted by Crippen LogP contribution is 2.11. The molecular weight excluding hydrogens is 220 g/mol. The van der Waals surface area contributed by atoms with Gasteiger partial charge in [0.05, 0.1) is 13.2 Å². The normalized spacial score (nSPS) is 10.3. The monoisotopic (exact) mass is 238 g/mol. The van der Waals surface area contributed by atoms with E-state index in [2.05, 4.69) is 4.98 Å². The summed E-state index contributed by atoms with van der Waals surface area (Å²) in [4.78, 5) is 17.2. The number of carbonyl (C=O) groups excluding carboxylic acids is 1. The van der Waals surface area contributed by atoms with Gasteiger partial charge in [-0.3, -0.25) is 4.79 Å². The molecule has 0 unspecified atom stereocenters. The number of ether oxygens (including phenoxy) is 1. The maximum absolute atomic E-state index is 11.1. The van der Waals surface area contributed by atoms with Crippen LogP contribution in [-0.2, 0) is 4.74 Å². The number of nitrogens with zero attached hydrogens (tertiary/aromatic N) is 2. The van der Waals surface area contributed by atoms with Crippen molar-refractivity contribution in [1.82, 2.24) is 4.98 Å². The number of hydrogen-bond acceptors (Lipinski definition) is 5. The molecule has 0 aliphatic carbocycles. The molecule has 94 valence electrons. The Morgan fingerprint density at radius 1 is 1.47 bits per heavy atom. The van der Waals surface area contributed by atoms with Crippen molar-refractivity contribution in [2.75, 3.05) is 38.3 Å². The number of Topliss-reactive ketones (excluding diaryl/α,β-unsaturated/α-hetero) is 1. The van der Waals surface area contributed by atoms with Crippen molar-refractivity contribution in [1.29, 1.82) is 0 Å². The van der Waals surface area contributed by atoms with E-state index in [0.29, 0.717) is 25.3 Å². The topological polar surface area (TPSA) is 62.7 Å². The summed E-state index contributed by atoms with van der Waals surface area (Å²) in [5.41, 5.74) is 0.587. The van der Waals surface area contributed by atoms with Crippen LogP contribution in [0.3, 0.4) is 0 Å². The summed E-state index contributed by atoms with van der Waals surface area (Å²) < 4.78 is 5.00. The van der Waals surface area contributed by atoms with Crippen LogP contribution in [0.5, 0.6) is 0 Å². The molecule has 17 heavy (non-hydrogen) atoms. The van der Waals surface area contributed by atoms with Gasteiger partial charge in [0.2, 0.25) is 0 Å². The molecule has 0 fully saturated rings. The van der Waals surface area contributed by atoms with Crippen molar-refractivity contribution < 1.29 is 14.6 Å². The number of methoxy groups -OCH3 is 1. The molecule has 0 aliphatic heterocycles. The first kappa shape index (κ1) is 13.6. The zero-order valence-corrected chi connectivity index (χ0v) is 10.2. The van der Waals surface area contributed by atoms with Gasteiger partial charge in [0.25, 0.3) is 0 Å². The van der Waals surface area contributed by atoms with Gasteiger partial charge in [0.15, 0.2) is 5.78 Å². The molecule has 1 aromatic heterocycles. The lowest BCUT2D eigenvalue weighted by Crippen LogP contribution is -2.30. The quantitative estimate of drug-likeness (QED) is 0.709. The van der Waals surface area contributed by atoms with E-state index in [0.717, 1.165) is 5.82 Å². The summed E-state index contributed by atoms with van der Waals surface area (Å²) >= 11 is 0. The fourth-order valence-corrected chi connectivity index (χ4v) is 1.44. The number of rotatable bonds is 7. The number of aliphatic hydroxyl groups is 1. The summed E-state index contributed by atoms with van der Waals surface area (Å²) in [5.74, 6) is 0.732. The number of aromatic nitrogens is 1. The van der Waals surface area contributed by atoms with Crippen LogP contribution in [-0.4, -0.2) is 49.3 Å². The van der Waals surface area contributed by atoms with Gasteiger partial charge in [-0.25, -0.2) is 4.98 Å². The molecule has 0 saturated heterocycles. The summed E-state index contributed by atoms with van der Waals surface area (Å²) in [6.45, 7) is 3.28. The van der Waals surface area contributed by atoms with Gasteiger partial charge in [-0.05, 0) is 19.1 Å². The molecule has 0 aromatic carbocycles. The third-order valence-corrected chi connectivity index (χ3v) is 2.41. The van der Waals surface area contributed by atoms with E-state index >= 15 is 0 Å². The fourth-order valence-electron chi connectivity index (χ4n) is 1.44. The number of pyridine rings is 1. The molecule has 5 nitrogen and oxygen atoms in total. The highest BCUT2D eigenvalue weighted by molar-refractivity contribution is 5.93. The molecule has 0 saturated carbocycles. The summed E-state index contributed by atoms with van der Waals surface area (Å²) in [6, 6.07) is 3.52. The molecule has 0 atom stereocenters. The lowest BCUT2D eigenvalue weighted by Gasteiger charge is -2.22. The highest BCUT2D eigenvalue weighted by Gasteiger charge is 2.07. The Hall–Kier alpha value is -1.46. The first-order chi connectivity index (χ1) is 8.19. The Balaban J connectivity index is 2.75. The standard InChI is InChI=1S/C12H18N2O3/c1-10(16)11-3-4-12(13-9-11)14(5-7-15)6-8-17-2/h3-4,9,15H,5-8H2,1-2H3. The second kappa shape index (κ2) is 6.98. The molecule has 0 radical (unpaired) electrons. The Morgan fingerprint density at radius 2 is 2.24 bits per heavy atom. The maximum atomic E-state index is 11.1. The Kier molecular flexibility index (Phi) is 5.59. The average molecular weight is 238 g/mol. The fraction of sp³-hybridized carbons (Fsp3) is 0.500. The molecule has 5 heteroatoms. The van der Waals surface area contributed by atoms with E-state index in [1.54, 1.807) is 25.4 Å². The van der Waals surface area contributed by atoms with Crippen molar-refractivity contribution in [2.24, 2.45) is 0 Å². The van der Waals surface area contributed by atoms with Crippen molar-refractivity contribution >= 4 is 11.6 Å². The Morgan fingerprint density at radius 3 is 2.71 bits per heavy atom. The second-order valence-corrected chi connectivity index (χ2v) is 3.66. The van der Waals surface area contributed by atoms with E-state index < -0.39 is 0 Å². The summed E-state index contributed by atoms with van der Waals surface area (Å²) in [7, 11) is 1.63. The van der Waals surface area contributed by atoms with Crippen molar-refractivity contribution in [3.05, 3.63) is 23.9 Å². The van der Waals surface area contributed by atoms with Gasteiger partial charge in [0, 0.05) is 32.0 Å². The molecule has 1 heterocycles. The average Bonchev–Trinajstić information content (AvgIpc) is 2.34. The lowest BCUT2D eigenvalue weighted by atomic mass is 10.2. The zero-order chi connectivity index (χ0) is 12.7. The second-order valence-electron chi connectivity index (χ2n) is 3.66. The van der Waals surface area contributed by atoms with Crippen molar-refractivity contribution in [2.45, 2.75) is 6.92 Å². The smallest absolute Gasteiger partial charge is 0.161 e. The summed E-state index contributed by atoms with van der Waals surface area (Å²) in [6.07, 6.45) is 1.55. The van der Waals surface area contributed by atoms with Gasteiger partial charge in [0.1, 0.15) is 5.82 Å². The number of anilines is 1. The van der Waals surface area contributed by atoms with E-state index in [-0.39, 0.29) is 12.4 Å². The molecule has 1 rings (SSSR count). The van der Waals surface area contributed by atoms with Crippen LogP contribution in [0.4, 0.5) is 5.82 Å². The first-order valence-corrected chi connectivity index (χ1v) is 5.50. The van der Waals surface area contributed by atoms with Crippen molar-refractivity contribution in [3.63, 3.8) is 0 Å². The maximum Gasteiger partial charge on any atom is 0.161 e. The van der Waals surface area contributed by atoms with Gasteiger partial charge in [-0.2, -0.15) is 0 Å². The van der Waals surface area contributed by atoms with Crippen LogP contribution in [0.2, 0.25) is 0 Å². The number of carbonyl (C=O) groups is 1. The third kappa shape index (κ3) is 4.13. The molecule has 1 N–H and O–H groups in total. The SMILES string of the molecule is COCCN(CCO)c1ccc(C(C)=O)cn1. The zero-order valence-electron chi connectivity index (χ0n) is 10.2. The van der Waals surface area contributed by atoms with E-state index in [1.807, 2.05) is 4.90 Å². The lowest BCUT2D eigenvalue weighted by molar-refractivity contribution is 0.101. The van der Waals surface area contributed by atoms with Gasteiger partial charge in [-0.1, -0.05) is 0 Å². The van der Waals surface area contributed by atoms with Crippen LogP contribution in [0.1, 0.15) is 17.3 Å². The van der Waals surface area contributed by atoms with Gasteiger partial charge >= 0.3 is 0 Å². The van der Waals surface area contributed by atoms with Crippen LogP contribution < -0.4 is 4.90 Å². The van der Waals surface area contributed by atoms with Gasteiger partial charge < -0.3 is 14.7 Å². The Bertz CT molecular complexity index is 351. The molecule has 0 aliphatic rings. The number of hydrogen-bond donors (Lipinski definition) is 1. The first-order valence-electron chi connectivity index (χ1n) is 5.50. The predicted octanol–water partition coefficient (Wildman–Crippen LogP) is 0.729. The largest absolute Gasteiger partial charge is 0.395 e. The van der Waals surface area contributed by atoms with Crippen LogP contribution in [0.25, 0.3) is 0 Å². The van der Waals surface area contributed by atoms with Crippen molar-refractivity contribution in [3.8, 4) is 0 Å². The minimum atomic E-state index is -0.00495.